The molecule has 120 valence electrons. The lowest BCUT2D eigenvalue weighted by atomic mass is 10.0. The molecular formula is C15H33NO3Si. The zero-order valence-electron chi connectivity index (χ0n) is 14.1. The van der Waals surface area contributed by atoms with Gasteiger partial charge in [-0.2, -0.15) is 0 Å². The number of nitrogens with two attached hydrogens (primary N) is 1. The molecule has 0 aliphatic rings. The summed E-state index contributed by atoms with van der Waals surface area (Å²) in [6.07, 6.45) is 4.04. The summed E-state index contributed by atoms with van der Waals surface area (Å²) in [5.74, 6) is 0.662. The molecule has 0 heterocycles. The Kier molecular flexibility index (Phi) is 10.4. The molecule has 0 fully saturated rings. The number of rotatable bonds is 11. The van der Waals surface area contributed by atoms with Gasteiger partial charge in [-0.15, -0.1) is 0 Å². The van der Waals surface area contributed by atoms with Gasteiger partial charge in [0, 0.05) is 19.8 Å². The van der Waals surface area contributed by atoms with Crippen LogP contribution in [0.15, 0.2) is 11.6 Å². The lowest BCUT2D eigenvalue weighted by molar-refractivity contribution is 0.0624. The lowest BCUT2D eigenvalue weighted by Gasteiger charge is -2.32. The fourth-order valence-electron chi connectivity index (χ4n) is 2.25. The van der Waals surface area contributed by atoms with Gasteiger partial charge in [-0.1, -0.05) is 25.5 Å². The zero-order chi connectivity index (χ0) is 15.6. The van der Waals surface area contributed by atoms with Crippen molar-refractivity contribution in [1.29, 1.82) is 0 Å². The fraction of sp³-hybridized carbons (Fsp3) is 0.867. The molecule has 0 saturated heterocycles. The molecule has 0 aliphatic heterocycles. The van der Waals surface area contributed by atoms with Gasteiger partial charge in [0.2, 0.25) is 0 Å². The maximum atomic E-state index is 6.33. The third kappa shape index (κ3) is 6.99. The van der Waals surface area contributed by atoms with Crippen molar-refractivity contribution >= 4 is 8.80 Å². The molecule has 0 bridgehead atoms. The molecule has 0 aromatic rings. The van der Waals surface area contributed by atoms with Crippen molar-refractivity contribution < 1.29 is 13.3 Å². The van der Waals surface area contributed by atoms with Crippen LogP contribution in [0, 0.1) is 5.92 Å². The van der Waals surface area contributed by atoms with Gasteiger partial charge in [-0.25, -0.2) is 0 Å². The van der Waals surface area contributed by atoms with E-state index in [1.165, 1.54) is 5.57 Å². The molecule has 0 saturated carbocycles. The van der Waals surface area contributed by atoms with Gasteiger partial charge in [0.25, 0.3) is 0 Å². The SMILES string of the molecule is CCO[Si](OCC)(OCC)C(N)CC=C(C)CC(C)C. The van der Waals surface area contributed by atoms with E-state index in [4.69, 9.17) is 19.0 Å². The van der Waals surface area contributed by atoms with E-state index in [1.807, 2.05) is 20.8 Å². The lowest BCUT2D eigenvalue weighted by Crippen LogP contribution is -2.60. The van der Waals surface area contributed by atoms with Crippen molar-refractivity contribution in [3.63, 3.8) is 0 Å². The average Bonchev–Trinajstić information content (AvgIpc) is 2.35. The van der Waals surface area contributed by atoms with E-state index in [9.17, 15) is 0 Å². The summed E-state index contributed by atoms with van der Waals surface area (Å²) in [7, 11) is -2.77. The summed E-state index contributed by atoms with van der Waals surface area (Å²) >= 11 is 0. The van der Waals surface area contributed by atoms with Gasteiger partial charge in [0.1, 0.15) is 0 Å². The molecule has 0 aromatic heterocycles. The van der Waals surface area contributed by atoms with Crippen molar-refractivity contribution in [2.24, 2.45) is 11.7 Å². The predicted octanol–water partition coefficient (Wildman–Crippen LogP) is 3.28. The normalized spacial score (nSPS) is 14.9. The first kappa shape index (κ1) is 19.8. The Morgan fingerprint density at radius 2 is 1.50 bits per heavy atom. The predicted molar refractivity (Wildman–Crippen MR) is 86.4 cm³/mol. The van der Waals surface area contributed by atoms with Crippen LogP contribution >= 0.6 is 0 Å². The summed E-state index contributed by atoms with van der Waals surface area (Å²) in [4.78, 5) is 0. The highest BCUT2D eigenvalue weighted by Crippen LogP contribution is 2.18. The Bertz CT molecular complexity index is 265. The van der Waals surface area contributed by atoms with Gasteiger partial charge in [-0.05, 0) is 46.5 Å². The topological polar surface area (TPSA) is 53.7 Å². The first-order valence-electron chi connectivity index (χ1n) is 7.74. The van der Waals surface area contributed by atoms with E-state index in [1.54, 1.807) is 0 Å². The Morgan fingerprint density at radius 3 is 1.85 bits per heavy atom. The van der Waals surface area contributed by atoms with Crippen LogP contribution in [0.2, 0.25) is 0 Å². The monoisotopic (exact) mass is 303 g/mol. The van der Waals surface area contributed by atoms with Crippen molar-refractivity contribution in [3.05, 3.63) is 11.6 Å². The highest BCUT2D eigenvalue weighted by Gasteiger charge is 2.46. The molecule has 0 spiro atoms. The van der Waals surface area contributed by atoms with Crippen LogP contribution in [0.5, 0.6) is 0 Å². The van der Waals surface area contributed by atoms with Gasteiger partial charge < -0.3 is 19.0 Å². The Balaban J connectivity index is 4.79. The Hall–Kier alpha value is -0.203. The van der Waals surface area contributed by atoms with E-state index in [2.05, 4.69) is 26.8 Å². The van der Waals surface area contributed by atoms with Gasteiger partial charge in [0.05, 0.1) is 5.67 Å². The van der Waals surface area contributed by atoms with Crippen LogP contribution in [-0.2, 0) is 13.3 Å². The standard InChI is InChI=1S/C15H33NO3Si/c1-7-17-20(18-8-2,19-9-3)15(16)11-10-14(6)12-13(4)5/h10,13,15H,7-9,11-12,16H2,1-6H3. The summed E-state index contributed by atoms with van der Waals surface area (Å²) < 4.78 is 17.5. The molecule has 0 aromatic carbocycles. The van der Waals surface area contributed by atoms with Gasteiger partial charge in [0.15, 0.2) is 0 Å². The Labute approximate surface area is 126 Å². The van der Waals surface area contributed by atoms with Crippen LogP contribution < -0.4 is 5.73 Å². The molecule has 1 unspecified atom stereocenters. The molecule has 0 rings (SSSR count). The zero-order valence-corrected chi connectivity index (χ0v) is 15.1. The van der Waals surface area contributed by atoms with E-state index >= 15 is 0 Å². The van der Waals surface area contributed by atoms with E-state index in [0.29, 0.717) is 25.7 Å². The molecule has 20 heavy (non-hydrogen) atoms. The highest BCUT2D eigenvalue weighted by atomic mass is 28.4. The van der Waals surface area contributed by atoms with E-state index in [-0.39, 0.29) is 5.67 Å². The largest absolute Gasteiger partial charge is 0.518 e. The van der Waals surface area contributed by atoms with Crippen LogP contribution in [0.4, 0.5) is 0 Å². The number of hydrogen-bond acceptors (Lipinski definition) is 4. The third-order valence-corrected chi connectivity index (χ3v) is 6.16. The maximum Gasteiger partial charge on any atom is 0.518 e. The molecule has 1 atom stereocenters. The molecule has 5 heteroatoms. The minimum absolute atomic E-state index is 0.204. The molecule has 0 aliphatic carbocycles. The molecule has 2 N–H and O–H groups in total. The first-order chi connectivity index (χ1) is 9.41. The minimum atomic E-state index is -2.77. The first-order valence-corrected chi connectivity index (χ1v) is 9.55. The highest BCUT2D eigenvalue weighted by molar-refractivity contribution is 6.62. The number of hydrogen-bond donors (Lipinski definition) is 1. The van der Waals surface area contributed by atoms with Crippen molar-refractivity contribution in [3.8, 4) is 0 Å². The molecular weight excluding hydrogens is 270 g/mol. The second-order valence-electron chi connectivity index (χ2n) is 5.39. The summed E-state index contributed by atoms with van der Waals surface area (Å²) in [5.41, 5.74) is 7.49. The summed E-state index contributed by atoms with van der Waals surface area (Å²) in [6, 6.07) is 0. The van der Waals surface area contributed by atoms with Crippen LogP contribution in [0.25, 0.3) is 0 Å². The van der Waals surface area contributed by atoms with Crippen molar-refractivity contribution in [2.75, 3.05) is 19.8 Å². The molecule has 0 radical (unpaired) electrons. The van der Waals surface area contributed by atoms with E-state index in [0.717, 1.165) is 12.8 Å². The maximum absolute atomic E-state index is 6.33. The van der Waals surface area contributed by atoms with Crippen LogP contribution in [0.3, 0.4) is 0 Å². The van der Waals surface area contributed by atoms with Crippen LogP contribution in [-0.4, -0.2) is 34.3 Å². The Morgan fingerprint density at radius 1 is 1.05 bits per heavy atom. The summed E-state index contributed by atoms with van der Waals surface area (Å²) in [5, 5.41) is 0. The van der Waals surface area contributed by atoms with Gasteiger partial charge in [-0.3, -0.25) is 0 Å². The number of allylic oxidation sites excluding steroid dienone is 1. The summed E-state index contributed by atoms with van der Waals surface area (Å²) in [6.45, 7) is 14.1. The average molecular weight is 304 g/mol. The second kappa shape index (κ2) is 10.5. The van der Waals surface area contributed by atoms with Gasteiger partial charge >= 0.3 is 8.80 Å². The quantitative estimate of drug-likeness (QED) is 0.470. The molecule has 4 nitrogen and oxygen atoms in total. The third-order valence-electron chi connectivity index (χ3n) is 2.94. The van der Waals surface area contributed by atoms with Crippen molar-refractivity contribution in [2.45, 2.75) is 60.0 Å². The second-order valence-corrected chi connectivity index (χ2v) is 8.21. The smallest absolute Gasteiger partial charge is 0.373 e. The minimum Gasteiger partial charge on any atom is -0.373 e. The van der Waals surface area contributed by atoms with Crippen molar-refractivity contribution in [1.82, 2.24) is 0 Å². The molecule has 0 amide bonds. The van der Waals surface area contributed by atoms with Crippen LogP contribution in [0.1, 0.15) is 54.4 Å². The fourth-order valence-corrected chi connectivity index (χ4v) is 4.76. The van der Waals surface area contributed by atoms with E-state index < -0.39 is 8.80 Å².